The molecule has 0 saturated carbocycles. The lowest BCUT2D eigenvalue weighted by molar-refractivity contribution is -0.133. The lowest BCUT2D eigenvalue weighted by atomic mass is 10.1. The van der Waals surface area contributed by atoms with Gasteiger partial charge >= 0.3 is 17.9 Å². The molecule has 9 nitrogen and oxygen atoms in total. The van der Waals surface area contributed by atoms with Gasteiger partial charge in [-0.25, -0.2) is 9.59 Å². The number of hydrogen-bond acceptors (Lipinski definition) is 9. The molecule has 2 aromatic carbocycles. The van der Waals surface area contributed by atoms with Crippen molar-refractivity contribution in [1.29, 1.82) is 0 Å². The van der Waals surface area contributed by atoms with Gasteiger partial charge in [0, 0.05) is 17.2 Å². The molecule has 0 heterocycles. The number of aromatic hydroxyl groups is 2. The number of phenols is 2. The maximum absolute atomic E-state index is 12.5. The summed E-state index contributed by atoms with van der Waals surface area (Å²) < 4.78 is 20.4. The Morgan fingerprint density at radius 2 is 1.64 bits per heavy atom. The summed E-state index contributed by atoms with van der Waals surface area (Å²) in [7, 11) is 1.12. The van der Waals surface area contributed by atoms with Crippen molar-refractivity contribution in [2.24, 2.45) is 0 Å². The van der Waals surface area contributed by atoms with Gasteiger partial charge in [-0.15, -0.1) is 0 Å². The van der Waals surface area contributed by atoms with Crippen LogP contribution in [0.3, 0.4) is 0 Å². The molecule has 0 aliphatic rings. The van der Waals surface area contributed by atoms with Gasteiger partial charge in [0.05, 0.1) is 13.5 Å². The lowest BCUT2D eigenvalue weighted by Gasteiger charge is -2.13. The molecule has 0 saturated heterocycles. The third kappa shape index (κ3) is 6.86. The fourth-order valence-electron chi connectivity index (χ4n) is 2.48. The summed E-state index contributed by atoms with van der Waals surface area (Å²) in [5, 5.41) is 20.3. The topological polar surface area (TPSA) is 129 Å². The van der Waals surface area contributed by atoms with E-state index in [4.69, 9.17) is 14.2 Å². The molecule has 0 aliphatic heterocycles. The fraction of sp³-hybridized carbons (Fsp3) is 0.208. The van der Waals surface area contributed by atoms with Crippen molar-refractivity contribution in [3.05, 3.63) is 65.8 Å². The van der Waals surface area contributed by atoms with E-state index < -0.39 is 30.1 Å². The van der Waals surface area contributed by atoms with Crippen LogP contribution in [0.15, 0.2) is 54.6 Å². The molecule has 0 aromatic heterocycles. The maximum Gasteiger partial charge on any atom is 0.341 e. The molecule has 0 atom stereocenters. The number of hydrogen-bond donors (Lipinski definition) is 2. The standard InChI is InChI=1S/C24H24O9/c1-13(2)12-31-16-6-7-18(25)21(10-16)32-22(27)9-15-8-20(33-23(28)14(3)4)17(11-19(15)26)24(29)30-5/h6-8,10-11,25-26H,1,3,9,12H2,2,4-5H3. The smallest absolute Gasteiger partial charge is 0.341 e. The quantitative estimate of drug-likeness (QED) is 0.252. The Balaban J connectivity index is 2.27. The summed E-state index contributed by atoms with van der Waals surface area (Å²) in [6.07, 6.45) is -0.471. The van der Waals surface area contributed by atoms with Crippen LogP contribution in [0.1, 0.15) is 29.8 Å². The molecular formula is C24H24O9. The zero-order valence-corrected chi connectivity index (χ0v) is 18.5. The van der Waals surface area contributed by atoms with Crippen molar-refractivity contribution in [1.82, 2.24) is 0 Å². The fourth-order valence-corrected chi connectivity index (χ4v) is 2.48. The largest absolute Gasteiger partial charge is 0.508 e. The van der Waals surface area contributed by atoms with Crippen LogP contribution in [0.2, 0.25) is 0 Å². The van der Waals surface area contributed by atoms with E-state index in [0.29, 0.717) is 5.75 Å². The molecule has 2 N–H and O–H groups in total. The number of esters is 3. The van der Waals surface area contributed by atoms with Gasteiger partial charge in [-0.05, 0) is 43.7 Å². The summed E-state index contributed by atoms with van der Waals surface area (Å²) in [5.41, 5.74) is 0.632. The molecule has 2 aromatic rings. The summed E-state index contributed by atoms with van der Waals surface area (Å²) in [6, 6.07) is 6.29. The summed E-state index contributed by atoms with van der Waals surface area (Å²) in [5.74, 6) is -3.28. The van der Waals surface area contributed by atoms with Crippen molar-refractivity contribution < 1.29 is 43.5 Å². The van der Waals surface area contributed by atoms with Gasteiger partial charge in [-0.1, -0.05) is 13.2 Å². The maximum atomic E-state index is 12.5. The Hall–Kier alpha value is -4.27. The number of ether oxygens (including phenoxy) is 4. The Labute approximate surface area is 190 Å². The van der Waals surface area contributed by atoms with Crippen LogP contribution in [0.25, 0.3) is 0 Å². The molecule has 0 bridgehead atoms. The highest BCUT2D eigenvalue weighted by molar-refractivity contribution is 5.96. The number of carbonyl (C=O) groups excluding carboxylic acids is 3. The molecule has 2 rings (SSSR count). The number of phenolic OH excluding ortho intramolecular Hbond substituents is 2. The van der Waals surface area contributed by atoms with Gasteiger partial charge in [0.1, 0.15) is 29.4 Å². The molecule has 0 amide bonds. The normalized spacial score (nSPS) is 10.2. The van der Waals surface area contributed by atoms with Crippen LogP contribution in [0, 0.1) is 0 Å². The van der Waals surface area contributed by atoms with Crippen molar-refractivity contribution in [2.75, 3.05) is 13.7 Å². The van der Waals surface area contributed by atoms with Gasteiger partial charge in [-0.2, -0.15) is 0 Å². The first-order valence-corrected chi connectivity index (χ1v) is 9.64. The number of benzene rings is 2. The number of rotatable bonds is 9. The highest BCUT2D eigenvalue weighted by Crippen LogP contribution is 2.33. The first-order valence-electron chi connectivity index (χ1n) is 9.64. The minimum atomic E-state index is -0.861. The number of methoxy groups -OCH3 is 1. The van der Waals surface area contributed by atoms with E-state index in [1.54, 1.807) is 6.92 Å². The summed E-state index contributed by atoms with van der Waals surface area (Å²) in [6.45, 7) is 10.6. The predicted molar refractivity (Wildman–Crippen MR) is 118 cm³/mol. The molecule has 0 spiro atoms. The zero-order valence-electron chi connectivity index (χ0n) is 18.5. The van der Waals surface area contributed by atoms with Crippen LogP contribution in [0.5, 0.6) is 28.7 Å². The molecule has 33 heavy (non-hydrogen) atoms. The molecule has 174 valence electrons. The van der Waals surface area contributed by atoms with E-state index in [-0.39, 0.29) is 40.6 Å². The van der Waals surface area contributed by atoms with Gasteiger partial charge in [0.25, 0.3) is 0 Å². The van der Waals surface area contributed by atoms with Crippen LogP contribution in [-0.4, -0.2) is 41.8 Å². The second kappa shape index (κ2) is 10.9. The Kier molecular flexibility index (Phi) is 8.22. The van der Waals surface area contributed by atoms with E-state index in [9.17, 15) is 24.6 Å². The Morgan fingerprint density at radius 3 is 2.24 bits per heavy atom. The SMILES string of the molecule is C=C(C)COc1ccc(O)c(OC(=O)Cc2cc(OC(=O)C(=C)C)c(C(=O)OC)cc2O)c1. The van der Waals surface area contributed by atoms with E-state index in [2.05, 4.69) is 17.9 Å². The van der Waals surface area contributed by atoms with Crippen molar-refractivity contribution >= 4 is 17.9 Å². The van der Waals surface area contributed by atoms with Gasteiger partial charge in [0.2, 0.25) is 0 Å². The lowest BCUT2D eigenvalue weighted by Crippen LogP contribution is -2.15. The number of carbonyl (C=O) groups is 3. The van der Waals surface area contributed by atoms with Crippen molar-refractivity contribution in [3.8, 4) is 28.7 Å². The van der Waals surface area contributed by atoms with Crippen LogP contribution in [-0.2, 0) is 20.7 Å². The molecule has 0 radical (unpaired) electrons. The van der Waals surface area contributed by atoms with Gasteiger partial charge in [-0.3, -0.25) is 4.79 Å². The average molecular weight is 456 g/mol. The predicted octanol–water partition coefficient (Wildman–Crippen LogP) is 3.47. The van der Waals surface area contributed by atoms with Crippen LogP contribution < -0.4 is 14.2 Å². The van der Waals surface area contributed by atoms with E-state index in [1.165, 1.54) is 25.1 Å². The van der Waals surface area contributed by atoms with Crippen molar-refractivity contribution in [2.45, 2.75) is 20.3 Å². The molecule has 9 heteroatoms. The molecular weight excluding hydrogens is 432 g/mol. The third-order valence-electron chi connectivity index (χ3n) is 4.11. The zero-order chi connectivity index (χ0) is 24.7. The minimum absolute atomic E-state index is 0.00587. The van der Waals surface area contributed by atoms with Crippen LogP contribution in [0.4, 0.5) is 0 Å². The highest BCUT2D eigenvalue weighted by Gasteiger charge is 2.22. The average Bonchev–Trinajstić information content (AvgIpc) is 2.75. The van der Waals surface area contributed by atoms with Gasteiger partial charge in [0.15, 0.2) is 11.5 Å². The van der Waals surface area contributed by atoms with E-state index >= 15 is 0 Å². The first kappa shape index (κ1) is 25.0. The van der Waals surface area contributed by atoms with Crippen molar-refractivity contribution in [3.63, 3.8) is 0 Å². The third-order valence-corrected chi connectivity index (χ3v) is 4.11. The first-order chi connectivity index (χ1) is 15.5. The minimum Gasteiger partial charge on any atom is -0.508 e. The summed E-state index contributed by atoms with van der Waals surface area (Å²) in [4.78, 5) is 36.4. The second-order valence-corrected chi connectivity index (χ2v) is 7.16. The molecule has 0 fully saturated rings. The van der Waals surface area contributed by atoms with E-state index in [1.807, 2.05) is 0 Å². The highest BCUT2D eigenvalue weighted by atomic mass is 16.6. The Morgan fingerprint density at radius 1 is 0.939 bits per heavy atom. The van der Waals surface area contributed by atoms with Crippen LogP contribution >= 0.6 is 0 Å². The molecule has 0 unspecified atom stereocenters. The molecule has 0 aliphatic carbocycles. The monoisotopic (exact) mass is 456 g/mol. The Bertz CT molecular complexity index is 1120. The van der Waals surface area contributed by atoms with Gasteiger partial charge < -0.3 is 29.2 Å². The summed E-state index contributed by atoms with van der Waals surface area (Å²) >= 11 is 0. The van der Waals surface area contributed by atoms with E-state index in [0.717, 1.165) is 24.8 Å². The second-order valence-electron chi connectivity index (χ2n) is 7.16.